The summed E-state index contributed by atoms with van der Waals surface area (Å²) in [6, 6.07) is 11.3. The minimum absolute atomic E-state index is 0.0194. The predicted molar refractivity (Wildman–Crippen MR) is 110 cm³/mol. The summed E-state index contributed by atoms with van der Waals surface area (Å²) in [5, 5.41) is 11.9. The summed E-state index contributed by atoms with van der Waals surface area (Å²) in [5.74, 6) is 1.59. The second-order valence-electron chi connectivity index (χ2n) is 5.95. The standard InChI is InChI=1S/C19H20N4O3S2/c1-12(24)20-10-13-8-9-17(28-13)15(25)11-27-19-22-21-18(23(19)2)14-6-4-5-7-16(14)26-3/h4-9H,10-11H2,1-3H3,(H,20,24). The van der Waals surface area contributed by atoms with Crippen LogP contribution in [0.2, 0.25) is 0 Å². The molecular formula is C19H20N4O3S2. The molecule has 3 rings (SSSR count). The van der Waals surface area contributed by atoms with Gasteiger partial charge in [0.05, 0.1) is 29.8 Å². The van der Waals surface area contributed by atoms with Crippen molar-refractivity contribution in [3.05, 3.63) is 46.2 Å². The second-order valence-corrected chi connectivity index (χ2v) is 8.06. The van der Waals surface area contributed by atoms with Crippen molar-refractivity contribution < 1.29 is 14.3 Å². The summed E-state index contributed by atoms with van der Waals surface area (Å²) in [4.78, 5) is 25.1. The molecule has 7 nitrogen and oxygen atoms in total. The van der Waals surface area contributed by atoms with Crippen LogP contribution in [0.4, 0.5) is 0 Å². The van der Waals surface area contributed by atoms with E-state index < -0.39 is 0 Å². The van der Waals surface area contributed by atoms with Crippen molar-refractivity contribution >= 4 is 34.8 Å². The number of para-hydroxylation sites is 1. The number of thiophene rings is 1. The molecule has 0 fully saturated rings. The van der Waals surface area contributed by atoms with E-state index >= 15 is 0 Å². The van der Waals surface area contributed by atoms with E-state index in [1.54, 1.807) is 13.2 Å². The van der Waals surface area contributed by atoms with Crippen molar-refractivity contribution in [3.8, 4) is 17.1 Å². The van der Waals surface area contributed by atoms with Crippen LogP contribution in [0.5, 0.6) is 5.75 Å². The molecule has 0 atom stereocenters. The van der Waals surface area contributed by atoms with Gasteiger partial charge in [0.2, 0.25) is 5.91 Å². The lowest BCUT2D eigenvalue weighted by molar-refractivity contribution is -0.119. The third-order valence-corrected chi connectivity index (χ3v) is 6.11. The van der Waals surface area contributed by atoms with E-state index in [1.165, 1.54) is 30.0 Å². The maximum absolute atomic E-state index is 12.5. The number of ketones is 1. The van der Waals surface area contributed by atoms with Gasteiger partial charge in [-0.05, 0) is 24.3 Å². The number of Topliss-reactive ketones (excluding diaryl/α,β-unsaturated/α-hetero) is 1. The number of hydrogen-bond acceptors (Lipinski definition) is 7. The van der Waals surface area contributed by atoms with Crippen LogP contribution < -0.4 is 10.1 Å². The predicted octanol–water partition coefficient (Wildman–Crippen LogP) is 3.16. The minimum Gasteiger partial charge on any atom is -0.496 e. The zero-order chi connectivity index (χ0) is 20.1. The Hall–Kier alpha value is -2.65. The highest BCUT2D eigenvalue weighted by atomic mass is 32.2. The van der Waals surface area contributed by atoms with E-state index in [9.17, 15) is 9.59 Å². The molecule has 0 aliphatic rings. The van der Waals surface area contributed by atoms with Crippen molar-refractivity contribution in [1.82, 2.24) is 20.1 Å². The van der Waals surface area contributed by atoms with Gasteiger partial charge in [-0.15, -0.1) is 21.5 Å². The van der Waals surface area contributed by atoms with E-state index in [0.29, 0.717) is 22.4 Å². The second kappa shape index (κ2) is 9.03. The Morgan fingerprint density at radius 1 is 1.21 bits per heavy atom. The van der Waals surface area contributed by atoms with Crippen LogP contribution in [0, 0.1) is 0 Å². The van der Waals surface area contributed by atoms with E-state index in [1.807, 2.05) is 41.9 Å². The molecule has 0 unspecified atom stereocenters. The molecule has 1 aromatic carbocycles. The molecular weight excluding hydrogens is 396 g/mol. The van der Waals surface area contributed by atoms with Gasteiger partial charge in [0.15, 0.2) is 16.8 Å². The Balaban J connectivity index is 1.66. The smallest absolute Gasteiger partial charge is 0.217 e. The zero-order valence-electron chi connectivity index (χ0n) is 15.8. The fourth-order valence-corrected chi connectivity index (χ4v) is 4.31. The van der Waals surface area contributed by atoms with E-state index in [-0.39, 0.29) is 17.4 Å². The molecule has 1 N–H and O–H groups in total. The van der Waals surface area contributed by atoms with Crippen LogP contribution >= 0.6 is 23.1 Å². The number of aromatic nitrogens is 3. The summed E-state index contributed by atoms with van der Waals surface area (Å²) in [5.41, 5.74) is 0.846. The summed E-state index contributed by atoms with van der Waals surface area (Å²) < 4.78 is 7.24. The topological polar surface area (TPSA) is 86.1 Å². The summed E-state index contributed by atoms with van der Waals surface area (Å²) >= 11 is 2.73. The Kier molecular flexibility index (Phi) is 6.48. The van der Waals surface area contributed by atoms with Crippen LogP contribution in [0.15, 0.2) is 41.6 Å². The fourth-order valence-electron chi connectivity index (χ4n) is 2.54. The molecule has 0 aliphatic carbocycles. The van der Waals surface area contributed by atoms with Crippen LogP contribution in [-0.4, -0.2) is 39.3 Å². The average molecular weight is 417 g/mol. The molecule has 0 radical (unpaired) electrons. The Labute approximate surface area is 171 Å². The molecule has 28 heavy (non-hydrogen) atoms. The van der Waals surface area contributed by atoms with E-state index in [4.69, 9.17) is 4.74 Å². The molecule has 9 heteroatoms. The number of rotatable bonds is 8. The van der Waals surface area contributed by atoms with Crippen LogP contribution in [-0.2, 0) is 18.4 Å². The van der Waals surface area contributed by atoms with Crippen LogP contribution in [0.1, 0.15) is 21.5 Å². The number of hydrogen-bond donors (Lipinski definition) is 1. The third-order valence-electron chi connectivity index (χ3n) is 3.96. The van der Waals surface area contributed by atoms with E-state index in [0.717, 1.165) is 16.2 Å². The van der Waals surface area contributed by atoms with E-state index in [2.05, 4.69) is 15.5 Å². The first kappa shape index (κ1) is 20.1. The fraction of sp³-hybridized carbons (Fsp3) is 0.263. The molecule has 2 aromatic heterocycles. The van der Waals surface area contributed by atoms with Crippen molar-refractivity contribution in [2.45, 2.75) is 18.6 Å². The number of nitrogens with one attached hydrogen (secondary N) is 1. The Morgan fingerprint density at radius 3 is 2.75 bits per heavy atom. The van der Waals surface area contributed by atoms with Crippen molar-refractivity contribution in [1.29, 1.82) is 0 Å². The molecule has 0 saturated heterocycles. The monoisotopic (exact) mass is 416 g/mol. The highest BCUT2D eigenvalue weighted by Crippen LogP contribution is 2.30. The van der Waals surface area contributed by atoms with Crippen molar-refractivity contribution in [2.24, 2.45) is 7.05 Å². The van der Waals surface area contributed by atoms with Gasteiger partial charge < -0.3 is 14.6 Å². The first-order valence-electron chi connectivity index (χ1n) is 8.51. The average Bonchev–Trinajstić information content (AvgIpc) is 3.31. The molecule has 3 aromatic rings. The van der Waals surface area contributed by atoms with Crippen LogP contribution in [0.25, 0.3) is 11.4 Å². The summed E-state index contributed by atoms with van der Waals surface area (Å²) in [6.45, 7) is 1.91. The van der Waals surface area contributed by atoms with Gasteiger partial charge in [0.25, 0.3) is 0 Å². The van der Waals surface area contributed by atoms with Gasteiger partial charge in [-0.25, -0.2) is 0 Å². The van der Waals surface area contributed by atoms with Gasteiger partial charge in [-0.2, -0.15) is 0 Å². The number of methoxy groups -OCH3 is 1. The molecule has 0 bridgehead atoms. The largest absolute Gasteiger partial charge is 0.496 e. The lowest BCUT2D eigenvalue weighted by Gasteiger charge is -2.07. The van der Waals surface area contributed by atoms with Gasteiger partial charge in [-0.1, -0.05) is 23.9 Å². The number of benzene rings is 1. The number of ether oxygens (including phenoxy) is 1. The summed E-state index contributed by atoms with van der Waals surface area (Å²) in [7, 11) is 3.48. The number of carbonyl (C=O) groups excluding carboxylic acids is 2. The van der Waals surface area contributed by atoms with Gasteiger partial charge in [-0.3, -0.25) is 9.59 Å². The Morgan fingerprint density at radius 2 is 2.00 bits per heavy atom. The number of thioether (sulfide) groups is 1. The maximum atomic E-state index is 12.5. The SMILES string of the molecule is COc1ccccc1-c1nnc(SCC(=O)c2ccc(CNC(C)=O)s2)n1C. The lowest BCUT2D eigenvalue weighted by Crippen LogP contribution is -2.18. The van der Waals surface area contributed by atoms with Crippen LogP contribution in [0.3, 0.4) is 0 Å². The quantitative estimate of drug-likeness (QED) is 0.448. The van der Waals surface area contributed by atoms with Crippen molar-refractivity contribution in [2.75, 3.05) is 12.9 Å². The number of amides is 1. The van der Waals surface area contributed by atoms with Crippen molar-refractivity contribution in [3.63, 3.8) is 0 Å². The van der Waals surface area contributed by atoms with Gasteiger partial charge >= 0.3 is 0 Å². The molecule has 1 amide bonds. The normalized spacial score (nSPS) is 10.7. The Bertz CT molecular complexity index is 997. The summed E-state index contributed by atoms with van der Waals surface area (Å²) in [6.07, 6.45) is 0. The first-order valence-corrected chi connectivity index (χ1v) is 10.3. The molecule has 0 spiro atoms. The van der Waals surface area contributed by atoms with Gasteiger partial charge in [0.1, 0.15) is 5.75 Å². The highest BCUT2D eigenvalue weighted by molar-refractivity contribution is 7.99. The molecule has 0 saturated carbocycles. The number of carbonyl (C=O) groups is 2. The highest BCUT2D eigenvalue weighted by Gasteiger charge is 2.17. The number of nitrogens with zero attached hydrogens (tertiary/aromatic N) is 3. The minimum atomic E-state index is -0.0926. The van der Waals surface area contributed by atoms with Gasteiger partial charge in [0, 0.05) is 18.8 Å². The molecule has 0 aliphatic heterocycles. The lowest BCUT2D eigenvalue weighted by atomic mass is 10.2. The zero-order valence-corrected chi connectivity index (χ0v) is 17.4. The molecule has 146 valence electrons. The molecule has 2 heterocycles. The maximum Gasteiger partial charge on any atom is 0.217 e. The first-order chi connectivity index (χ1) is 13.5. The third kappa shape index (κ3) is 4.60.